The summed E-state index contributed by atoms with van der Waals surface area (Å²) in [6.07, 6.45) is 2.95. The predicted molar refractivity (Wildman–Crippen MR) is 85.8 cm³/mol. The van der Waals surface area contributed by atoms with Crippen LogP contribution in [0.4, 0.5) is 0 Å². The monoisotopic (exact) mass is 292 g/mol. The molecule has 3 atom stereocenters. The van der Waals surface area contributed by atoms with E-state index in [2.05, 4.69) is 56.6 Å². The Morgan fingerprint density at radius 3 is 2.80 bits per heavy atom. The molecule has 2 rings (SSSR count). The van der Waals surface area contributed by atoms with Gasteiger partial charge in [0, 0.05) is 11.8 Å². The Balaban J connectivity index is 2.26. The molecule has 1 N–H and O–H groups in total. The van der Waals surface area contributed by atoms with Crippen molar-refractivity contribution in [2.75, 3.05) is 12.8 Å². The van der Waals surface area contributed by atoms with Crippen LogP contribution in [-0.2, 0) is 4.79 Å². The van der Waals surface area contributed by atoms with Crippen molar-refractivity contribution in [3.05, 3.63) is 35.4 Å². The van der Waals surface area contributed by atoms with E-state index in [4.69, 9.17) is 0 Å². The molecule has 1 saturated heterocycles. The van der Waals surface area contributed by atoms with E-state index < -0.39 is 0 Å². The molecule has 4 heteroatoms. The van der Waals surface area contributed by atoms with E-state index in [0.717, 1.165) is 13.0 Å². The largest absolute Gasteiger partial charge is 0.320 e. The molecule has 0 bridgehead atoms. The van der Waals surface area contributed by atoms with Crippen molar-refractivity contribution in [2.45, 2.75) is 44.6 Å². The third-order valence-corrected chi connectivity index (χ3v) is 4.83. The number of rotatable bonds is 5. The number of nitrogens with one attached hydrogen (secondary N) is 1. The summed E-state index contributed by atoms with van der Waals surface area (Å²) in [5.74, 6) is 0.236. The maximum Gasteiger partial charge on any atom is 0.241 e. The summed E-state index contributed by atoms with van der Waals surface area (Å²) in [7, 11) is 0. The highest BCUT2D eigenvalue weighted by Crippen LogP contribution is 2.28. The van der Waals surface area contributed by atoms with Gasteiger partial charge in [-0.25, -0.2) is 0 Å². The number of thioether (sulfide) groups is 1. The van der Waals surface area contributed by atoms with Crippen LogP contribution in [0.1, 0.15) is 37.6 Å². The van der Waals surface area contributed by atoms with Gasteiger partial charge in [-0.05, 0) is 25.2 Å². The fraction of sp³-hybridized carbons (Fsp3) is 0.562. The molecule has 20 heavy (non-hydrogen) atoms. The lowest BCUT2D eigenvalue weighted by molar-refractivity contribution is -0.130. The van der Waals surface area contributed by atoms with Gasteiger partial charge in [0.15, 0.2) is 0 Å². The molecule has 0 spiro atoms. The van der Waals surface area contributed by atoms with Crippen molar-refractivity contribution in [3.63, 3.8) is 0 Å². The van der Waals surface area contributed by atoms with Gasteiger partial charge in [-0.3, -0.25) is 10.1 Å². The molecule has 1 aromatic carbocycles. The van der Waals surface area contributed by atoms with E-state index in [-0.39, 0.29) is 18.1 Å². The molecular weight excluding hydrogens is 268 g/mol. The first-order chi connectivity index (χ1) is 9.56. The number of nitrogens with zero attached hydrogens (tertiary/aromatic N) is 1. The molecule has 1 aliphatic rings. The van der Waals surface area contributed by atoms with Crippen LogP contribution in [0.3, 0.4) is 0 Å². The van der Waals surface area contributed by atoms with Gasteiger partial charge < -0.3 is 4.90 Å². The maximum atomic E-state index is 12.5. The molecule has 0 aliphatic carbocycles. The highest BCUT2D eigenvalue weighted by atomic mass is 32.2. The molecule has 0 aromatic heterocycles. The minimum atomic E-state index is -0.0467. The van der Waals surface area contributed by atoms with Crippen LogP contribution >= 0.6 is 11.8 Å². The molecule has 110 valence electrons. The zero-order chi connectivity index (χ0) is 14.7. The molecule has 1 amide bonds. The van der Waals surface area contributed by atoms with Gasteiger partial charge >= 0.3 is 0 Å². The fourth-order valence-electron chi connectivity index (χ4n) is 2.63. The number of carbonyl (C=O) groups is 1. The van der Waals surface area contributed by atoms with E-state index in [1.807, 2.05) is 4.90 Å². The quantitative estimate of drug-likeness (QED) is 0.905. The van der Waals surface area contributed by atoms with Crippen LogP contribution in [0.15, 0.2) is 24.3 Å². The zero-order valence-corrected chi connectivity index (χ0v) is 13.5. The molecule has 1 aromatic rings. The van der Waals surface area contributed by atoms with Crippen molar-refractivity contribution in [2.24, 2.45) is 0 Å². The summed E-state index contributed by atoms with van der Waals surface area (Å²) < 4.78 is 0. The second-order valence-electron chi connectivity index (χ2n) is 5.48. The Morgan fingerprint density at radius 1 is 1.45 bits per heavy atom. The van der Waals surface area contributed by atoms with E-state index in [1.54, 1.807) is 11.8 Å². The second-order valence-corrected chi connectivity index (χ2v) is 6.76. The fourth-order valence-corrected chi connectivity index (χ4v) is 2.94. The first-order valence-electron chi connectivity index (χ1n) is 7.22. The lowest BCUT2D eigenvalue weighted by Gasteiger charge is -2.27. The number of hydrogen-bond donors (Lipinski definition) is 1. The number of carbonyl (C=O) groups excluding carboxylic acids is 1. The third kappa shape index (κ3) is 3.18. The summed E-state index contributed by atoms with van der Waals surface area (Å²) in [5.41, 5.74) is 2.41. The van der Waals surface area contributed by atoms with Crippen LogP contribution in [0.5, 0.6) is 0 Å². The van der Waals surface area contributed by atoms with Crippen molar-refractivity contribution in [3.8, 4) is 0 Å². The average molecular weight is 292 g/mol. The van der Waals surface area contributed by atoms with Gasteiger partial charge in [0.25, 0.3) is 0 Å². The maximum absolute atomic E-state index is 12.5. The van der Waals surface area contributed by atoms with E-state index in [1.165, 1.54) is 11.1 Å². The van der Waals surface area contributed by atoms with Gasteiger partial charge in [0.05, 0.1) is 6.04 Å². The Bertz CT molecular complexity index is 477. The highest BCUT2D eigenvalue weighted by molar-refractivity contribution is 7.99. The SMILES string of the molecule is CCC1NC(c2cccc(C)c2)N(CC(C)SC)C1=O. The van der Waals surface area contributed by atoms with Gasteiger partial charge in [-0.15, -0.1) is 0 Å². The van der Waals surface area contributed by atoms with Crippen molar-refractivity contribution in [1.82, 2.24) is 10.2 Å². The average Bonchev–Trinajstić information content (AvgIpc) is 2.75. The summed E-state index contributed by atoms with van der Waals surface area (Å²) in [4.78, 5) is 14.5. The van der Waals surface area contributed by atoms with E-state index in [0.29, 0.717) is 5.25 Å². The summed E-state index contributed by atoms with van der Waals surface area (Å²) >= 11 is 1.80. The molecule has 1 aliphatic heterocycles. The van der Waals surface area contributed by atoms with Crippen molar-refractivity contribution >= 4 is 17.7 Å². The number of hydrogen-bond acceptors (Lipinski definition) is 3. The van der Waals surface area contributed by atoms with E-state index in [9.17, 15) is 4.79 Å². The molecule has 3 unspecified atom stereocenters. The second kappa shape index (κ2) is 6.64. The summed E-state index contributed by atoms with van der Waals surface area (Å²) in [6.45, 7) is 7.11. The highest BCUT2D eigenvalue weighted by Gasteiger charge is 2.38. The lowest BCUT2D eigenvalue weighted by atomic mass is 10.1. The Morgan fingerprint density at radius 2 is 2.20 bits per heavy atom. The molecule has 0 saturated carbocycles. The van der Waals surface area contributed by atoms with Crippen molar-refractivity contribution < 1.29 is 4.79 Å². The molecule has 3 nitrogen and oxygen atoms in total. The van der Waals surface area contributed by atoms with Gasteiger partial charge in [-0.2, -0.15) is 11.8 Å². The Labute approximate surface area is 126 Å². The number of amides is 1. The normalized spacial score (nSPS) is 24.2. The third-order valence-electron chi connectivity index (χ3n) is 3.87. The lowest BCUT2D eigenvalue weighted by Crippen LogP contribution is -2.35. The number of benzene rings is 1. The van der Waals surface area contributed by atoms with Crippen LogP contribution in [0.2, 0.25) is 0 Å². The Hall–Kier alpha value is -1.00. The molecule has 1 heterocycles. The van der Waals surface area contributed by atoms with Crippen LogP contribution in [0.25, 0.3) is 0 Å². The molecule has 0 radical (unpaired) electrons. The smallest absolute Gasteiger partial charge is 0.241 e. The summed E-state index contributed by atoms with van der Waals surface area (Å²) in [6, 6.07) is 8.38. The zero-order valence-electron chi connectivity index (χ0n) is 12.7. The standard InChI is InChI=1S/C16H24N2OS/c1-5-14-16(19)18(10-12(3)20-4)15(17-14)13-8-6-7-11(2)9-13/h6-9,12,14-15,17H,5,10H2,1-4H3. The first-order valence-corrected chi connectivity index (χ1v) is 8.51. The minimum Gasteiger partial charge on any atom is -0.320 e. The summed E-state index contributed by atoms with van der Waals surface area (Å²) in [5, 5.41) is 3.93. The van der Waals surface area contributed by atoms with Crippen LogP contribution < -0.4 is 5.32 Å². The van der Waals surface area contributed by atoms with Crippen molar-refractivity contribution in [1.29, 1.82) is 0 Å². The Kier molecular flexibility index (Phi) is 5.11. The van der Waals surface area contributed by atoms with Gasteiger partial charge in [-0.1, -0.05) is 43.7 Å². The first kappa shape index (κ1) is 15.4. The van der Waals surface area contributed by atoms with Crippen LogP contribution in [0, 0.1) is 6.92 Å². The molecule has 1 fully saturated rings. The number of aryl methyl sites for hydroxylation is 1. The van der Waals surface area contributed by atoms with E-state index >= 15 is 0 Å². The topological polar surface area (TPSA) is 32.3 Å². The molecular formula is C16H24N2OS. The van der Waals surface area contributed by atoms with Gasteiger partial charge in [0.2, 0.25) is 5.91 Å². The van der Waals surface area contributed by atoms with Crippen LogP contribution in [-0.4, -0.2) is 34.9 Å². The van der Waals surface area contributed by atoms with Gasteiger partial charge in [0.1, 0.15) is 6.17 Å². The minimum absolute atomic E-state index is 0.0157. The predicted octanol–water partition coefficient (Wildman–Crippen LogP) is 2.96.